The third-order valence-electron chi connectivity index (χ3n) is 6.29. The zero-order valence-corrected chi connectivity index (χ0v) is 24.6. The first-order valence-corrected chi connectivity index (χ1v) is 14.3. The second-order valence-corrected chi connectivity index (χ2v) is 11.7. The number of rotatable bonds is 5. The lowest BCUT2D eigenvalue weighted by atomic mass is 10.1. The van der Waals surface area contributed by atoms with Crippen LogP contribution in [-0.2, 0) is 4.74 Å². The summed E-state index contributed by atoms with van der Waals surface area (Å²) in [6.07, 6.45) is 3.92. The topological polar surface area (TPSA) is 122 Å². The first-order valence-electron chi connectivity index (χ1n) is 13.5. The summed E-state index contributed by atoms with van der Waals surface area (Å²) in [5.74, 6) is -0.775. The molecule has 0 atom stereocenters. The molecule has 3 N–H and O–H groups in total. The van der Waals surface area contributed by atoms with Gasteiger partial charge in [-0.2, -0.15) is 0 Å². The zero-order valence-electron chi connectivity index (χ0n) is 23.8. The highest BCUT2D eigenvalue weighted by molar-refractivity contribution is 7.20. The first kappa shape index (κ1) is 29.5. The molecule has 3 heterocycles. The van der Waals surface area contributed by atoms with Crippen LogP contribution in [0.1, 0.15) is 42.4 Å². The number of anilines is 1. The molecule has 1 aliphatic heterocycles. The second kappa shape index (κ2) is 12.5. The average Bonchev–Trinajstić information content (AvgIpc) is 3.42. The molecule has 1 aliphatic rings. The van der Waals surface area contributed by atoms with Gasteiger partial charge in [-0.25, -0.2) is 19.4 Å². The maximum atomic E-state index is 15.0. The maximum absolute atomic E-state index is 15.0. The number of thiophene rings is 1. The molecule has 0 unspecified atom stereocenters. The smallest absolute Gasteiger partial charge is 0.410 e. The van der Waals surface area contributed by atoms with Crippen molar-refractivity contribution in [1.29, 1.82) is 0 Å². The number of hydrogen-bond acceptors (Lipinski definition) is 7. The van der Waals surface area contributed by atoms with E-state index >= 15 is 0 Å². The van der Waals surface area contributed by atoms with Crippen molar-refractivity contribution in [3.63, 3.8) is 0 Å². The van der Waals surface area contributed by atoms with Crippen molar-refractivity contribution in [2.75, 3.05) is 18.4 Å². The van der Waals surface area contributed by atoms with E-state index in [-0.39, 0.29) is 17.5 Å². The van der Waals surface area contributed by atoms with E-state index in [1.807, 2.05) is 32.9 Å². The van der Waals surface area contributed by atoms with Crippen molar-refractivity contribution in [2.45, 2.75) is 32.8 Å². The van der Waals surface area contributed by atoms with Gasteiger partial charge in [-0.15, -0.1) is 11.3 Å². The van der Waals surface area contributed by atoms with Crippen LogP contribution in [-0.4, -0.2) is 46.6 Å². The van der Waals surface area contributed by atoms with Gasteiger partial charge in [0.15, 0.2) is 11.6 Å². The Morgan fingerprint density at radius 1 is 1.00 bits per heavy atom. The molecule has 2 aromatic heterocycles. The van der Waals surface area contributed by atoms with Gasteiger partial charge in [-0.3, -0.25) is 15.2 Å². The lowest BCUT2D eigenvalue weighted by Gasteiger charge is -2.29. The normalized spacial score (nSPS) is 13.2. The second-order valence-electron chi connectivity index (χ2n) is 10.7. The summed E-state index contributed by atoms with van der Waals surface area (Å²) in [6, 6.07) is 15.3. The molecule has 0 aliphatic carbocycles. The van der Waals surface area contributed by atoms with Gasteiger partial charge < -0.3 is 19.7 Å². The fraction of sp³-hybridized carbons (Fsp3) is 0.226. The molecule has 0 spiro atoms. The Morgan fingerprint density at radius 3 is 2.49 bits per heavy atom. The number of pyridine rings is 1. The van der Waals surface area contributed by atoms with Crippen molar-refractivity contribution in [1.82, 2.24) is 20.7 Å². The molecule has 10 nitrogen and oxygen atoms in total. The van der Waals surface area contributed by atoms with Gasteiger partial charge in [0.2, 0.25) is 0 Å². The number of aromatic nitrogens is 1. The van der Waals surface area contributed by atoms with Crippen molar-refractivity contribution in [2.24, 2.45) is 0 Å². The predicted octanol–water partition coefficient (Wildman–Crippen LogP) is 6.72. The molecular formula is C31H30FN5O5S. The highest BCUT2D eigenvalue weighted by Gasteiger charge is 2.25. The summed E-state index contributed by atoms with van der Waals surface area (Å²) in [7, 11) is 0. The first-order chi connectivity index (χ1) is 20.6. The Balaban J connectivity index is 1.22. The highest BCUT2D eigenvalue weighted by atomic mass is 32.1. The van der Waals surface area contributed by atoms with E-state index in [4.69, 9.17) is 9.47 Å². The van der Waals surface area contributed by atoms with Crippen LogP contribution in [0.4, 0.5) is 19.7 Å². The zero-order chi connectivity index (χ0) is 30.6. The van der Waals surface area contributed by atoms with Crippen molar-refractivity contribution in [3.05, 3.63) is 89.2 Å². The molecule has 4 aromatic rings. The van der Waals surface area contributed by atoms with E-state index in [0.717, 1.165) is 21.2 Å². The molecule has 12 heteroatoms. The minimum atomic E-state index is -0.745. The number of benzene rings is 2. The Morgan fingerprint density at radius 2 is 1.79 bits per heavy atom. The molecule has 5 rings (SSSR count). The van der Waals surface area contributed by atoms with E-state index in [9.17, 15) is 18.8 Å². The van der Waals surface area contributed by atoms with E-state index in [1.54, 1.807) is 47.5 Å². The van der Waals surface area contributed by atoms with Gasteiger partial charge >= 0.3 is 12.1 Å². The number of halogens is 1. The predicted molar refractivity (Wildman–Crippen MR) is 163 cm³/mol. The van der Waals surface area contributed by atoms with E-state index in [1.165, 1.54) is 23.5 Å². The van der Waals surface area contributed by atoms with Crippen LogP contribution in [0.25, 0.3) is 15.8 Å². The molecular weight excluding hydrogens is 573 g/mol. The monoisotopic (exact) mass is 603 g/mol. The SMILES string of the molecule is CC(C)(C)OC(=O)N1CC=C(c2cc3nccc(Oc4ccc(NC(=O)NNC(=O)c5ccccc5)cc4F)c3s2)CC1. The van der Waals surface area contributed by atoms with Crippen LogP contribution in [0.3, 0.4) is 0 Å². The van der Waals surface area contributed by atoms with E-state index < -0.39 is 23.4 Å². The number of carbonyl (C=O) groups excluding carboxylic acids is 3. The number of fused-ring (bicyclic) bond motifs is 1. The fourth-order valence-electron chi connectivity index (χ4n) is 4.26. The van der Waals surface area contributed by atoms with Crippen LogP contribution >= 0.6 is 11.3 Å². The van der Waals surface area contributed by atoms with Gasteiger partial charge in [0.05, 0.1) is 10.2 Å². The Bertz CT molecular complexity index is 1700. The van der Waals surface area contributed by atoms with Gasteiger partial charge in [-0.1, -0.05) is 24.3 Å². The molecule has 0 fully saturated rings. The third-order valence-corrected chi connectivity index (χ3v) is 7.50. The Hall–Kier alpha value is -4.97. The molecule has 0 bridgehead atoms. The maximum Gasteiger partial charge on any atom is 0.410 e. The van der Waals surface area contributed by atoms with Crippen molar-refractivity contribution >= 4 is 50.8 Å². The summed E-state index contributed by atoms with van der Waals surface area (Å²) >= 11 is 1.48. The number of hydrogen-bond donors (Lipinski definition) is 3. The summed E-state index contributed by atoms with van der Waals surface area (Å²) in [5.41, 5.74) is 6.30. The Kier molecular flexibility index (Phi) is 8.58. The van der Waals surface area contributed by atoms with Crippen LogP contribution in [0.15, 0.2) is 72.9 Å². The minimum absolute atomic E-state index is 0.0318. The lowest BCUT2D eigenvalue weighted by Crippen LogP contribution is -2.43. The summed E-state index contributed by atoms with van der Waals surface area (Å²) in [6.45, 7) is 6.50. The highest BCUT2D eigenvalue weighted by Crippen LogP contribution is 2.39. The molecule has 222 valence electrons. The van der Waals surface area contributed by atoms with Crippen molar-refractivity contribution < 1.29 is 28.2 Å². The number of carbonyl (C=O) groups is 3. The third kappa shape index (κ3) is 7.46. The standard InChI is InChI=1S/C31H30FN5O5S/c1-31(2,3)42-30(40)37-15-12-19(13-16-37)26-18-23-27(43-26)25(11-14-33-23)41-24-10-9-21(17-22(24)32)34-29(39)36-35-28(38)20-7-5-4-6-8-20/h4-12,14,17-18H,13,15-16H2,1-3H3,(H,35,38)(H2,34,36,39). The lowest BCUT2D eigenvalue weighted by molar-refractivity contribution is 0.0270. The van der Waals surface area contributed by atoms with Crippen LogP contribution in [0, 0.1) is 5.82 Å². The van der Waals surface area contributed by atoms with Crippen molar-refractivity contribution in [3.8, 4) is 11.5 Å². The summed E-state index contributed by atoms with van der Waals surface area (Å²) in [4.78, 5) is 43.8. The van der Waals surface area contributed by atoms with Gasteiger partial charge in [0.1, 0.15) is 11.4 Å². The number of amides is 4. The minimum Gasteiger partial charge on any atom is -0.453 e. The molecule has 2 aromatic carbocycles. The Labute approximate surface area is 251 Å². The van der Waals surface area contributed by atoms with E-state index in [0.29, 0.717) is 36.3 Å². The largest absolute Gasteiger partial charge is 0.453 e. The number of nitrogens with zero attached hydrogens (tertiary/aromatic N) is 2. The van der Waals surface area contributed by atoms with Crippen LogP contribution in [0.5, 0.6) is 11.5 Å². The molecule has 43 heavy (non-hydrogen) atoms. The molecule has 0 radical (unpaired) electrons. The average molecular weight is 604 g/mol. The summed E-state index contributed by atoms with van der Waals surface area (Å²) in [5, 5.41) is 2.46. The quantitative estimate of drug-likeness (QED) is 0.218. The van der Waals surface area contributed by atoms with Crippen LogP contribution < -0.4 is 20.9 Å². The van der Waals surface area contributed by atoms with Crippen LogP contribution in [0.2, 0.25) is 0 Å². The molecule has 0 saturated carbocycles. The van der Waals surface area contributed by atoms with Gasteiger partial charge in [-0.05, 0) is 63.1 Å². The van der Waals surface area contributed by atoms with E-state index in [2.05, 4.69) is 21.2 Å². The number of hydrazine groups is 1. The fourth-order valence-corrected chi connectivity index (χ4v) is 5.39. The molecule has 0 saturated heterocycles. The number of ether oxygens (including phenoxy) is 2. The van der Waals surface area contributed by atoms with Gasteiger partial charge in [0, 0.05) is 47.5 Å². The van der Waals surface area contributed by atoms with Gasteiger partial charge in [0.25, 0.3) is 5.91 Å². The number of nitrogens with one attached hydrogen (secondary N) is 3. The summed E-state index contributed by atoms with van der Waals surface area (Å²) < 4.78 is 27.1. The molecule has 4 amide bonds. The number of urea groups is 1.